The SMILES string of the molecule is CC(C)(C)O[C@H]1CC[C@H]2CC(O)=C(CCC3(C)OCCO3)C[C@@]21C. The van der Waals surface area contributed by atoms with E-state index in [2.05, 4.69) is 27.7 Å². The number of aliphatic hydroxyl groups is 1. The number of hydrogen-bond acceptors (Lipinski definition) is 4. The lowest BCUT2D eigenvalue weighted by atomic mass is 9.67. The Morgan fingerprint density at radius 1 is 1.17 bits per heavy atom. The van der Waals surface area contributed by atoms with Crippen LogP contribution in [0.5, 0.6) is 0 Å². The van der Waals surface area contributed by atoms with Gasteiger partial charge in [0, 0.05) is 18.3 Å². The average molecular weight is 338 g/mol. The quantitative estimate of drug-likeness (QED) is 0.804. The second kappa shape index (κ2) is 6.30. The molecule has 0 bridgehead atoms. The summed E-state index contributed by atoms with van der Waals surface area (Å²) in [5.74, 6) is 0.654. The van der Waals surface area contributed by atoms with Crippen molar-refractivity contribution in [2.75, 3.05) is 13.2 Å². The van der Waals surface area contributed by atoms with Gasteiger partial charge in [0.25, 0.3) is 0 Å². The van der Waals surface area contributed by atoms with Crippen LogP contribution in [0.2, 0.25) is 0 Å². The molecule has 0 unspecified atom stereocenters. The normalized spacial score (nSPS) is 36.2. The molecular weight excluding hydrogens is 304 g/mol. The summed E-state index contributed by atoms with van der Waals surface area (Å²) in [5, 5.41) is 10.6. The molecule has 3 aliphatic rings. The molecule has 1 saturated carbocycles. The zero-order chi connectivity index (χ0) is 17.6. The summed E-state index contributed by atoms with van der Waals surface area (Å²) < 4.78 is 17.8. The number of allylic oxidation sites excluding steroid dienone is 2. The molecule has 2 aliphatic carbocycles. The Hall–Kier alpha value is -0.580. The second-order valence-corrected chi connectivity index (χ2v) is 9.26. The van der Waals surface area contributed by atoms with Gasteiger partial charge in [-0.1, -0.05) is 6.92 Å². The molecule has 0 aromatic carbocycles. The fourth-order valence-electron chi connectivity index (χ4n) is 4.74. The van der Waals surface area contributed by atoms with Crippen molar-refractivity contribution in [3.05, 3.63) is 11.3 Å². The van der Waals surface area contributed by atoms with Crippen LogP contribution in [0.4, 0.5) is 0 Å². The highest BCUT2D eigenvalue weighted by Gasteiger charge is 2.51. The molecule has 1 heterocycles. The number of hydrogen-bond donors (Lipinski definition) is 1. The maximum atomic E-state index is 10.6. The number of fused-ring (bicyclic) bond motifs is 1. The first-order valence-electron chi connectivity index (χ1n) is 9.47. The molecule has 1 N–H and O–H groups in total. The van der Waals surface area contributed by atoms with Crippen LogP contribution in [0.25, 0.3) is 0 Å². The standard InChI is InChI=1S/C20H34O4/c1-18(2,3)24-17-7-6-15-12-16(21)14(13-19(15,17)4)8-9-20(5)22-10-11-23-20/h15,17,21H,6-13H2,1-5H3/t15-,17-,19-/m0/s1. The fraction of sp³-hybridized carbons (Fsp3) is 0.900. The highest BCUT2D eigenvalue weighted by molar-refractivity contribution is 5.20. The molecule has 0 spiro atoms. The highest BCUT2D eigenvalue weighted by Crippen LogP contribution is 2.55. The van der Waals surface area contributed by atoms with Gasteiger partial charge in [0.05, 0.1) is 30.7 Å². The molecule has 0 amide bonds. The van der Waals surface area contributed by atoms with Crippen LogP contribution in [0.1, 0.15) is 73.1 Å². The van der Waals surface area contributed by atoms with Crippen LogP contribution < -0.4 is 0 Å². The van der Waals surface area contributed by atoms with Crippen LogP contribution in [-0.4, -0.2) is 35.8 Å². The van der Waals surface area contributed by atoms with Gasteiger partial charge in [0.1, 0.15) is 0 Å². The number of ether oxygens (including phenoxy) is 3. The summed E-state index contributed by atoms with van der Waals surface area (Å²) in [7, 11) is 0. The maximum Gasteiger partial charge on any atom is 0.166 e. The smallest absolute Gasteiger partial charge is 0.166 e. The van der Waals surface area contributed by atoms with Crippen molar-refractivity contribution in [1.82, 2.24) is 0 Å². The summed E-state index contributed by atoms with van der Waals surface area (Å²) in [6.07, 6.45) is 5.90. The molecule has 1 saturated heterocycles. The van der Waals surface area contributed by atoms with E-state index in [9.17, 15) is 5.11 Å². The minimum Gasteiger partial charge on any atom is -0.512 e. The van der Waals surface area contributed by atoms with Gasteiger partial charge in [-0.3, -0.25) is 0 Å². The van der Waals surface area contributed by atoms with Crippen molar-refractivity contribution in [2.24, 2.45) is 11.3 Å². The molecule has 4 heteroatoms. The van der Waals surface area contributed by atoms with E-state index in [-0.39, 0.29) is 17.1 Å². The lowest BCUT2D eigenvalue weighted by Gasteiger charge is -2.43. The van der Waals surface area contributed by atoms with E-state index in [1.54, 1.807) is 0 Å². The van der Waals surface area contributed by atoms with Crippen molar-refractivity contribution in [3.8, 4) is 0 Å². The van der Waals surface area contributed by atoms with Gasteiger partial charge in [0.15, 0.2) is 5.79 Å². The number of rotatable bonds is 4. The summed E-state index contributed by atoms with van der Waals surface area (Å²) >= 11 is 0. The Kier molecular flexibility index (Phi) is 4.78. The van der Waals surface area contributed by atoms with Crippen LogP contribution >= 0.6 is 0 Å². The topological polar surface area (TPSA) is 47.9 Å². The van der Waals surface area contributed by atoms with Crippen molar-refractivity contribution in [3.63, 3.8) is 0 Å². The van der Waals surface area contributed by atoms with Gasteiger partial charge in [0.2, 0.25) is 0 Å². The summed E-state index contributed by atoms with van der Waals surface area (Å²) in [5.41, 5.74) is 1.19. The van der Waals surface area contributed by atoms with Gasteiger partial charge in [-0.15, -0.1) is 0 Å². The molecule has 3 rings (SSSR count). The molecule has 0 aromatic heterocycles. The van der Waals surface area contributed by atoms with Crippen LogP contribution in [0.3, 0.4) is 0 Å². The van der Waals surface area contributed by atoms with E-state index in [4.69, 9.17) is 14.2 Å². The molecule has 138 valence electrons. The minimum absolute atomic E-state index is 0.120. The van der Waals surface area contributed by atoms with Crippen molar-refractivity contribution in [1.29, 1.82) is 0 Å². The Labute approximate surface area is 146 Å². The van der Waals surface area contributed by atoms with Crippen molar-refractivity contribution in [2.45, 2.75) is 90.6 Å². The largest absolute Gasteiger partial charge is 0.512 e. The maximum absolute atomic E-state index is 10.6. The molecule has 2 fully saturated rings. The van der Waals surface area contributed by atoms with E-state index >= 15 is 0 Å². The average Bonchev–Trinajstić information content (AvgIpc) is 3.02. The summed E-state index contributed by atoms with van der Waals surface area (Å²) in [4.78, 5) is 0. The molecule has 0 radical (unpaired) electrons. The Morgan fingerprint density at radius 3 is 2.46 bits per heavy atom. The molecule has 4 nitrogen and oxygen atoms in total. The van der Waals surface area contributed by atoms with E-state index in [1.165, 1.54) is 5.57 Å². The molecular formula is C20H34O4. The van der Waals surface area contributed by atoms with Crippen LogP contribution in [-0.2, 0) is 14.2 Å². The monoisotopic (exact) mass is 338 g/mol. The Bertz CT molecular complexity index is 498. The molecule has 0 aromatic rings. The minimum atomic E-state index is -0.484. The van der Waals surface area contributed by atoms with Crippen LogP contribution in [0, 0.1) is 11.3 Å². The predicted molar refractivity (Wildman–Crippen MR) is 93.9 cm³/mol. The van der Waals surface area contributed by atoms with Gasteiger partial charge < -0.3 is 19.3 Å². The Balaban J connectivity index is 1.69. The zero-order valence-corrected chi connectivity index (χ0v) is 16.0. The van der Waals surface area contributed by atoms with Crippen molar-refractivity contribution >= 4 is 0 Å². The predicted octanol–water partition coefficient (Wildman–Crippen LogP) is 4.74. The summed E-state index contributed by atoms with van der Waals surface area (Å²) in [6, 6.07) is 0. The van der Waals surface area contributed by atoms with Gasteiger partial charge >= 0.3 is 0 Å². The first kappa shape index (κ1) is 18.2. The molecule has 1 aliphatic heterocycles. The van der Waals surface area contributed by atoms with E-state index < -0.39 is 5.79 Å². The van der Waals surface area contributed by atoms with E-state index in [1.807, 2.05) is 6.92 Å². The van der Waals surface area contributed by atoms with Gasteiger partial charge in [-0.05, 0) is 64.9 Å². The third kappa shape index (κ3) is 3.66. The number of aliphatic hydroxyl groups excluding tert-OH is 1. The third-order valence-corrected chi connectivity index (χ3v) is 6.16. The molecule has 3 atom stereocenters. The summed E-state index contributed by atoms with van der Waals surface area (Å²) in [6.45, 7) is 12.1. The molecule has 24 heavy (non-hydrogen) atoms. The fourth-order valence-corrected chi connectivity index (χ4v) is 4.74. The van der Waals surface area contributed by atoms with Gasteiger partial charge in [-0.2, -0.15) is 0 Å². The Morgan fingerprint density at radius 2 is 1.83 bits per heavy atom. The van der Waals surface area contributed by atoms with Crippen LogP contribution in [0.15, 0.2) is 11.3 Å². The second-order valence-electron chi connectivity index (χ2n) is 9.26. The van der Waals surface area contributed by atoms with Crippen molar-refractivity contribution < 1.29 is 19.3 Å². The van der Waals surface area contributed by atoms with E-state index in [0.717, 1.165) is 38.5 Å². The van der Waals surface area contributed by atoms with E-state index in [0.29, 0.717) is 24.9 Å². The van der Waals surface area contributed by atoms with Gasteiger partial charge in [-0.25, -0.2) is 0 Å². The lowest BCUT2D eigenvalue weighted by molar-refractivity contribution is -0.146. The zero-order valence-electron chi connectivity index (χ0n) is 16.0. The third-order valence-electron chi connectivity index (χ3n) is 6.16. The first-order chi connectivity index (χ1) is 11.1. The highest BCUT2D eigenvalue weighted by atomic mass is 16.7. The lowest BCUT2D eigenvalue weighted by Crippen LogP contribution is -2.41. The first-order valence-corrected chi connectivity index (χ1v) is 9.47.